The van der Waals surface area contributed by atoms with Crippen LogP contribution < -0.4 is 4.90 Å². The molecule has 0 unspecified atom stereocenters. The summed E-state index contributed by atoms with van der Waals surface area (Å²) in [5.41, 5.74) is 2.32. The van der Waals surface area contributed by atoms with E-state index in [0.29, 0.717) is 5.92 Å². The predicted molar refractivity (Wildman–Crippen MR) is 90.1 cm³/mol. The number of aliphatic hydroxyl groups is 1. The maximum Gasteiger partial charge on any atom is 0.0574 e. The number of ether oxygens (including phenoxy) is 1. The Morgan fingerprint density at radius 3 is 2.10 bits per heavy atom. The summed E-state index contributed by atoms with van der Waals surface area (Å²) >= 11 is 0. The molecule has 0 atom stereocenters. The van der Waals surface area contributed by atoms with Gasteiger partial charge in [0.25, 0.3) is 0 Å². The fraction of sp³-hybridized carbons (Fsp3) is 0.706. The fourth-order valence-electron chi connectivity index (χ4n) is 2.05. The molecule has 0 saturated carbocycles. The van der Waals surface area contributed by atoms with Gasteiger partial charge in [0.15, 0.2) is 0 Å². The molecule has 0 spiro atoms. The Kier molecular flexibility index (Phi) is 10.9. The summed E-state index contributed by atoms with van der Waals surface area (Å²) in [4.78, 5) is 6.76. The van der Waals surface area contributed by atoms with Crippen molar-refractivity contribution in [3.8, 4) is 0 Å². The monoisotopic (exact) mass is 296 g/mol. The van der Waals surface area contributed by atoms with Gasteiger partial charge in [0.05, 0.1) is 18.0 Å². The number of nitrogens with zero attached hydrogens (tertiary/aromatic N) is 2. The van der Waals surface area contributed by atoms with Gasteiger partial charge in [-0.3, -0.25) is 4.98 Å². The number of methoxy groups -OCH3 is 1. The third-order valence-corrected chi connectivity index (χ3v) is 3.19. The lowest BCUT2D eigenvalue weighted by Gasteiger charge is -2.31. The van der Waals surface area contributed by atoms with Gasteiger partial charge in [-0.05, 0) is 30.9 Å². The number of anilines is 1. The molecule has 1 N–H and O–H groups in total. The third kappa shape index (κ3) is 7.44. The van der Waals surface area contributed by atoms with Crippen molar-refractivity contribution >= 4 is 5.69 Å². The molecule has 1 aliphatic rings. The van der Waals surface area contributed by atoms with Crippen molar-refractivity contribution in [3.63, 3.8) is 0 Å². The quantitative estimate of drug-likeness (QED) is 0.908. The van der Waals surface area contributed by atoms with Gasteiger partial charge in [-0.15, -0.1) is 0 Å². The number of pyridine rings is 1. The standard InChI is InChI=1S/C13H20N2O.C2H6O.C2H6/c1-10(2)13-4-3-11(9-14-13)15-7-5-12(16)6-8-15;1-3-2;1-2/h3-4,9-10,12,16H,5-8H2,1-2H3;1-2H3;1-2H3. The second kappa shape index (κ2) is 11.5. The van der Waals surface area contributed by atoms with Crippen LogP contribution in [0.25, 0.3) is 0 Å². The van der Waals surface area contributed by atoms with E-state index < -0.39 is 0 Å². The normalized spacial score (nSPS) is 15.0. The van der Waals surface area contributed by atoms with Gasteiger partial charge in [0.2, 0.25) is 0 Å². The Morgan fingerprint density at radius 2 is 1.71 bits per heavy atom. The first-order chi connectivity index (χ1) is 10.1. The maximum atomic E-state index is 9.45. The minimum atomic E-state index is -0.112. The van der Waals surface area contributed by atoms with Gasteiger partial charge in [-0.2, -0.15) is 0 Å². The van der Waals surface area contributed by atoms with Gasteiger partial charge in [0.1, 0.15) is 0 Å². The summed E-state index contributed by atoms with van der Waals surface area (Å²) < 4.78 is 4.25. The molecule has 122 valence electrons. The van der Waals surface area contributed by atoms with Crippen molar-refractivity contribution in [2.75, 3.05) is 32.2 Å². The summed E-state index contributed by atoms with van der Waals surface area (Å²) in [6.07, 6.45) is 3.57. The van der Waals surface area contributed by atoms with Gasteiger partial charge in [-0.25, -0.2) is 0 Å². The van der Waals surface area contributed by atoms with Crippen LogP contribution in [0.15, 0.2) is 18.3 Å². The van der Waals surface area contributed by atoms with Crippen molar-refractivity contribution in [2.24, 2.45) is 0 Å². The van der Waals surface area contributed by atoms with Crippen LogP contribution in [0.5, 0.6) is 0 Å². The molecule has 21 heavy (non-hydrogen) atoms. The number of aromatic nitrogens is 1. The molecule has 1 aromatic heterocycles. The Morgan fingerprint density at radius 1 is 1.19 bits per heavy atom. The van der Waals surface area contributed by atoms with E-state index in [1.807, 2.05) is 20.0 Å². The molecule has 0 bridgehead atoms. The molecule has 0 aliphatic carbocycles. The first-order valence-corrected chi connectivity index (χ1v) is 7.87. The highest BCUT2D eigenvalue weighted by Gasteiger charge is 2.17. The van der Waals surface area contributed by atoms with Crippen LogP contribution in [-0.2, 0) is 4.74 Å². The average molecular weight is 296 g/mol. The minimum absolute atomic E-state index is 0.112. The van der Waals surface area contributed by atoms with Crippen LogP contribution in [0, 0.1) is 0 Å². The number of aliphatic hydroxyl groups excluding tert-OH is 1. The van der Waals surface area contributed by atoms with Gasteiger partial charge in [-0.1, -0.05) is 27.7 Å². The smallest absolute Gasteiger partial charge is 0.0574 e. The van der Waals surface area contributed by atoms with E-state index in [9.17, 15) is 5.11 Å². The Balaban J connectivity index is 0.000000713. The molecule has 1 aliphatic heterocycles. The van der Waals surface area contributed by atoms with Crippen molar-refractivity contribution in [2.45, 2.75) is 52.6 Å². The molecule has 1 aromatic rings. The van der Waals surface area contributed by atoms with E-state index in [1.165, 1.54) is 5.69 Å². The molecule has 4 nitrogen and oxygen atoms in total. The van der Waals surface area contributed by atoms with Crippen LogP contribution in [0.2, 0.25) is 0 Å². The molecule has 4 heteroatoms. The molecule has 1 fully saturated rings. The molecule has 0 amide bonds. The fourth-order valence-corrected chi connectivity index (χ4v) is 2.05. The Labute approximate surface area is 130 Å². The Hall–Kier alpha value is -1.13. The molecule has 1 saturated heterocycles. The minimum Gasteiger partial charge on any atom is -0.393 e. The summed E-state index contributed by atoms with van der Waals surface area (Å²) in [7, 11) is 3.25. The first kappa shape index (κ1) is 19.9. The molecule has 2 rings (SSSR count). The van der Waals surface area contributed by atoms with E-state index in [1.54, 1.807) is 14.2 Å². The van der Waals surface area contributed by atoms with E-state index in [4.69, 9.17) is 0 Å². The van der Waals surface area contributed by atoms with Crippen LogP contribution in [-0.4, -0.2) is 43.5 Å². The molecule has 0 radical (unpaired) electrons. The summed E-state index contributed by atoms with van der Waals surface area (Å²) in [6, 6.07) is 4.24. The lowest BCUT2D eigenvalue weighted by molar-refractivity contribution is 0.145. The van der Waals surface area contributed by atoms with Crippen LogP contribution in [0.1, 0.15) is 52.1 Å². The highest BCUT2D eigenvalue weighted by Crippen LogP contribution is 2.21. The maximum absolute atomic E-state index is 9.45. The summed E-state index contributed by atoms with van der Waals surface area (Å²) in [5.74, 6) is 0.484. The summed E-state index contributed by atoms with van der Waals surface area (Å²) in [5, 5.41) is 9.45. The molecule has 0 aromatic carbocycles. The van der Waals surface area contributed by atoms with E-state index in [-0.39, 0.29) is 6.10 Å². The SMILES string of the molecule is CC.CC(C)c1ccc(N2CCC(O)CC2)cn1.COC. The zero-order chi connectivity index (χ0) is 16.3. The molecule has 2 heterocycles. The lowest BCUT2D eigenvalue weighted by Crippen LogP contribution is -2.35. The second-order valence-electron chi connectivity index (χ2n) is 5.22. The molecular weight excluding hydrogens is 264 g/mol. The summed E-state index contributed by atoms with van der Waals surface area (Å²) in [6.45, 7) is 10.2. The predicted octanol–water partition coefficient (Wildman–Crippen LogP) is 3.45. The van der Waals surface area contributed by atoms with Crippen molar-refractivity contribution in [3.05, 3.63) is 24.0 Å². The van der Waals surface area contributed by atoms with Gasteiger partial charge < -0.3 is 14.7 Å². The van der Waals surface area contributed by atoms with E-state index >= 15 is 0 Å². The highest BCUT2D eigenvalue weighted by atomic mass is 16.4. The number of hydrogen-bond acceptors (Lipinski definition) is 4. The topological polar surface area (TPSA) is 45.6 Å². The van der Waals surface area contributed by atoms with Crippen molar-refractivity contribution in [1.82, 2.24) is 4.98 Å². The third-order valence-electron chi connectivity index (χ3n) is 3.19. The van der Waals surface area contributed by atoms with E-state index in [0.717, 1.165) is 31.6 Å². The zero-order valence-corrected chi connectivity index (χ0v) is 14.5. The van der Waals surface area contributed by atoms with E-state index in [2.05, 4.69) is 40.6 Å². The Bertz CT molecular complexity index is 344. The van der Waals surface area contributed by atoms with Crippen molar-refractivity contribution < 1.29 is 9.84 Å². The van der Waals surface area contributed by atoms with Crippen LogP contribution >= 0.6 is 0 Å². The van der Waals surface area contributed by atoms with Crippen LogP contribution in [0.4, 0.5) is 5.69 Å². The number of rotatable bonds is 2. The van der Waals surface area contributed by atoms with Crippen molar-refractivity contribution in [1.29, 1.82) is 0 Å². The molecular formula is C17H32N2O2. The zero-order valence-electron chi connectivity index (χ0n) is 14.5. The van der Waals surface area contributed by atoms with Gasteiger partial charge >= 0.3 is 0 Å². The lowest BCUT2D eigenvalue weighted by atomic mass is 10.1. The van der Waals surface area contributed by atoms with Gasteiger partial charge in [0, 0.05) is 33.0 Å². The average Bonchev–Trinajstić information content (AvgIpc) is 2.51. The second-order valence-corrected chi connectivity index (χ2v) is 5.22. The largest absolute Gasteiger partial charge is 0.393 e. The number of hydrogen-bond donors (Lipinski definition) is 1. The highest BCUT2D eigenvalue weighted by molar-refractivity contribution is 5.45. The van der Waals surface area contributed by atoms with Crippen LogP contribution in [0.3, 0.4) is 0 Å². The first-order valence-electron chi connectivity index (χ1n) is 7.87. The number of piperidine rings is 1.